The van der Waals surface area contributed by atoms with Gasteiger partial charge in [-0.05, 0) is 78.6 Å². The van der Waals surface area contributed by atoms with E-state index < -0.39 is 0 Å². The molecule has 0 heterocycles. The van der Waals surface area contributed by atoms with Crippen molar-refractivity contribution in [2.24, 2.45) is 0 Å². The SMILES string of the molecule is COc1ccc2c(c1)CCCC2NC(=O)c1cc(C(C)C)c(OC)cc1C. The maximum atomic E-state index is 13.1. The Labute approximate surface area is 161 Å². The van der Waals surface area contributed by atoms with E-state index in [1.54, 1.807) is 14.2 Å². The Morgan fingerprint density at radius 3 is 2.59 bits per heavy atom. The lowest BCUT2D eigenvalue weighted by Gasteiger charge is -2.27. The first-order valence-corrected chi connectivity index (χ1v) is 9.60. The van der Waals surface area contributed by atoms with Gasteiger partial charge in [0.25, 0.3) is 5.91 Å². The van der Waals surface area contributed by atoms with E-state index in [1.807, 2.05) is 25.1 Å². The van der Waals surface area contributed by atoms with Gasteiger partial charge in [-0.1, -0.05) is 19.9 Å². The largest absolute Gasteiger partial charge is 0.497 e. The maximum absolute atomic E-state index is 13.1. The predicted octanol–water partition coefficient (Wildman–Crippen LogP) is 4.94. The molecule has 0 saturated carbocycles. The van der Waals surface area contributed by atoms with Crippen molar-refractivity contribution in [2.75, 3.05) is 14.2 Å². The molecule has 1 unspecified atom stereocenters. The summed E-state index contributed by atoms with van der Waals surface area (Å²) in [6.07, 6.45) is 3.04. The van der Waals surface area contributed by atoms with E-state index in [0.717, 1.165) is 47.5 Å². The molecule has 0 aliphatic heterocycles. The van der Waals surface area contributed by atoms with E-state index >= 15 is 0 Å². The summed E-state index contributed by atoms with van der Waals surface area (Å²) in [6.45, 7) is 6.18. The lowest BCUT2D eigenvalue weighted by molar-refractivity contribution is 0.0932. The van der Waals surface area contributed by atoms with Gasteiger partial charge in [-0.15, -0.1) is 0 Å². The molecule has 0 saturated heterocycles. The van der Waals surface area contributed by atoms with E-state index in [9.17, 15) is 4.79 Å². The monoisotopic (exact) mass is 367 g/mol. The van der Waals surface area contributed by atoms with Crippen LogP contribution >= 0.6 is 0 Å². The average molecular weight is 367 g/mol. The zero-order valence-corrected chi connectivity index (χ0v) is 16.9. The number of aryl methyl sites for hydroxylation is 2. The second-order valence-corrected chi connectivity index (χ2v) is 7.55. The van der Waals surface area contributed by atoms with E-state index in [4.69, 9.17) is 9.47 Å². The highest BCUT2D eigenvalue weighted by molar-refractivity contribution is 5.96. The highest BCUT2D eigenvalue weighted by Gasteiger charge is 2.24. The topological polar surface area (TPSA) is 47.6 Å². The molecule has 1 aliphatic rings. The van der Waals surface area contributed by atoms with Crippen LogP contribution in [0.1, 0.15) is 71.3 Å². The first-order chi connectivity index (χ1) is 12.9. The number of hydrogen-bond donors (Lipinski definition) is 1. The highest BCUT2D eigenvalue weighted by atomic mass is 16.5. The Bertz CT molecular complexity index is 842. The molecule has 1 aliphatic carbocycles. The molecule has 0 radical (unpaired) electrons. The van der Waals surface area contributed by atoms with Crippen LogP contribution in [0.15, 0.2) is 30.3 Å². The number of hydrogen-bond acceptors (Lipinski definition) is 3. The van der Waals surface area contributed by atoms with E-state index in [0.29, 0.717) is 0 Å². The third-order valence-electron chi connectivity index (χ3n) is 5.41. The van der Waals surface area contributed by atoms with Gasteiger partial charge in [0.2, 0.25) is 0 Å². The summed E-state index contributed by atoms with van der Waals surface area (Å²) in [7, 11) is 3.36. The number of amides is 1. The third kappa shape index (κ3) is 3.95. The molecule has 1 atom stereocenters. The zero-order valence-electron chi connectivity index (χ0n) is 16.9. The Morgan fingerprint density at radius 1 is 1.15 bits per heavy atom. The van der Waals surface area contributed by atoms with Gasteiger partial charge in [-0.2, -0.15) is 0 Å². The van der Waals surface area contributed by atoms with Crippen LogP contribution in [0, 0.1) is 6.92 Å². The molecule has 0 spiro atoms. The number of carbonyl (C=O) groups is 1. The Morgan fingerprint density at radius 2 is 1.93 bits per heavy atom. The molecule has 0 fully saturated rings. The van der Waals surface area contributed by atoms with Crippen LogP contribution in [-0.4, -0.2) is 20.1 Å². The summed E-state index contributed by atoms with van der Waals surface area (Å²) < 4.78 is 10.8. The minimum absolute atomic E-state index is 0.0225. The first kappa shape index (κ1) is 19.3. The molecule has 1 N–H and O–H groups in total. The second kappa shape index (κ2) is 8.03. The van der Waals surface area contributed by atoms with Crippen LogP contribution in [-0.2, 0) is 6.42 Å². The van der Waals surface area contributed by atoms with Gasteiger partial charge < -0.3 is 14.8 Å². The van der Waals surface area contributed by atoms with Crippen molar-refractivity contribution in [3.05, 3.63) is 58.1 Å². The van der Waals surface area contributed by atoms with Crippen LogP contribution in [0.3, 0.4) is 0 Å². The Kier molecular flexibility index (Phi) is 5.73. The van der Waals surface area contributed by atoms with Crippen molar-refractivity contribution in [1.82, 2.24) is 5.32 Å². The molecule has 144 valence electrons. The van der Waals surface area contributed by atoms with Crippen LogP contribution in [0.25, 0.3) is 0 Å². The molecule has 0 bridgehead atoms. The van der Waals surface area contributed by atoms with E-state index in [1.165, 1.54) is 11.1 Å². The second-order valence-electron chi connectivity index (χ2n) is 7.55. The number of methoxy groups -OCH3 is 2. The summed E-state index contributed by atoms with van der Waals surface area (Å²) in [5, 5.41) is 3.25. The minimum atomic E-state index is -0.0225. The number of rotatable bonds is 5. The average Bonchev–Trinajstić information content (AvgIpc) is 2.67. The Hall–Kier alpha value is -2.49. The fourth-order valence-corrected chi connectivity index (χ4v) is 3.87. The number of ether oxygens (including phenoxy) is 2. The predicted molar refractivity (Wildman–Crippen MR) is 108 cm³/mol. The van der Waals surface area contributed by atoms with Gasteiger partial charge in [0.15, 0.2) is 0 Å². The van der Waals surface area contributed by atoms with Crippen molar-refractivity contribution in [1.29, 1.82) is 0 Å². The van der Waals surface area contributed by atoms with Crippen molar-refractivity contribution < 1.29 is 14.3 Å². The zero-order chi connectivity index (χ0) is 19.6. The van der Waals surface area contributed by atoms with E-state index in [2.05, 4.69) is 31.3 Å². The number of nitrogens with one attached hydrogen (secondary N) is 1. The first-order valence-electron chi connectivity index (χ1n) is 9.60. The van der Waals surface area contributed by atoms with Gasteiger partial charge in [0.05, 0.1) is 20.3 Å². The quantitative estimate of drug-likeness (QED) is 0.814. The lowest BCUT2D eigenvalue weighted by Crippen LogP contribution is -2.31. The summed E-state index contributed by atoms with van der Waals surface area (Å²) in [4.78, 5) is 13.1. The molecular weight excluding hydrogens is 338 g/mol. The lowest BCUT2D eigenvalue weighted by atomic mass is 9.87. The normalized spacial score (nSPS) is 16.0. The molecule has 3 rings (SSSR count). The maximum Gasteiger partial charge on any atom is 0.252 e. The van der Waals surface area contributed by atoms with Crippen LogP contribution in [0.5, 0.6) is 11.5 Å². The van der Waals surface area contributed by atoms with Gasteiger partial charge >= 0.3 is 0 Å². The summed E-state index contributed by atoms with van der Waals surface area (Å²) in [6, 6.07) is 10.1. The fourth-order valence-electron chi connectivity index (χ4n) is 3.87. The van der Waals surface area contributed by atoms with E-state index in [-0.39, 0.29) is 17.9 Å². The summed E-state index contributed by atoms with van der Waals surface area (Å²) >= 11 is 0. The number of benzene rings is 2. The smallest absolute Gasteiger partial charge is 0.252 e. The summed E-state index contributed by atoms with van der Waals surface area (Å²) in [5.41, 5.74) is 5.17. The standard InChI is InChI=1S/C23H29NO3/c1-14(2)19-13-20(15(3)11-22(19)27-5)23(25)24-21-8-6-7-16-12-17(26-4)9-10-18(16)21/h9-14,21H,6-8H2,1-5H3,(H,24,25). The van der Waals surface area contributed by atoms with Crippen molar-refractivity contribution >= 4 is 5.91 Å². The number of carbonyl (C=O) groups excluding carboxylic acids is 1. The van der Waals surface area contributed by atoms with Crippen LogP contribution in [0.2, 0.25) is 0 Å². The third-order valence-corrected chi connectivity index (χ3v) is 5.41. The number of fused-ring (bicyclic) bond motifs is 1. The van der Waals surface area contributed by atoms with Gasteiger partial charge in [0.1, 0.15) is 11.5 Å². The fraction of sp³-hybridized carbons (Fsp3) is 0.435. The molecule has 0 aromatic heterocycles. The molecule has 1 amide bonds. The minimum Gasteiger partial charge on any atom is -0.497 e. The molecular formula is C23H29NO3. The molecule has 2 aromatic rings. The summed E-state index contributed by atoms with van der Waals surface area (Å²) in [5.74, 6) is 1.98. The highest BCUT2D eigenvalue weighted by Crippen LogP contribution is 2.33. The van der Waals surface area contributed by atoms with Crippen LogP contribution in [0.4, 0.5) is 0 Å². The molecule has 27 heavy (non-hydrogen) atoms. The van der Waals surface area contributed by atoms with Crippen molar-refractivity contribution in [3.63, 3.8) is 0 Å². The van der Waals surface area contributed by atoms with Gasteiger partial charge in [0, 0.05) is 5.56 Å². The molecule has 4 heteroatoms. The van der Waals surface area contributed by atoms with Crippen molar-refractivity contribution in [3.8, 4) is 11.5 Å². The molecule has 2 aromatic carbocycles. The Balaban J connectivity index is 1.88. The van der Waals surface area contributed by atoms with Gasteiger partial charge in [-0.25, -0.2) is 0 Å². The van der Waals surface area contributed by atoms with Crippen molar-refractivity contribution in [2.45, 2.75) is 52.0 Å². The van der Waals surface area contributed by atoms with Gasteiger partial charge in [-0.3, -0.25) is 4.79 Å². The van der Waals surface area contributed by atoms with Crippen LogP contribution < -0.4 is 14.8 Å². The molecule has 4 nitrogen and oxygen atoms in total.